The Kier molecular flexibility index (Phi) is 3.71. The summed E-state index contributed by atoms with van der Waals surface area (Å²) in [5.74, 6) is 0.582. The molecular formula is C10H14FNO2. The van der Waals surface area contributed by atoms with E-state index in [9.17, 15) is 4.39 Å². The Morgan fingerprint density at radius 1 is 1.21 bits per heavy atom. The molecule has 0 spiro atoms. The van der Waals surface area contributed by atoms with Crippen LogP contribution in [0.1, 0.15) is 5.56 Å². The molecule has 0 radical (unpaired) electrons. The van der Waals surface area contributed by atoms with Crippen LogP contribution in [0.15, 0.2) is 12.1 Å². The molecule has 0 aliphatic heterocycles. The van der Waals surface area contributed by atoms with Crippen molar-refractivity contribution in [2.24, 2.45) is 5.73 Å². The van der Waals surface area contributed by atoms with E-state index >= 15 is 0 Å². The molecule has 0 heterocycles. The summed E-state index contributed by atoms with van der Waals surface area (Å²) in [6.45, 7) is 0.471. The van der Waals surface area contributed by atoms with Crippen LogP contribution in [0.25, 0.3) is 0 Å². The van der Waals surface area contributed by atoms with E-state index in [4.69, 9.17) is 15.2 Å². The van der Waals surface area contributed by atoms with Crippen LogP contribution in [0.5, 0.6) is 11.5 Å². The molecule has 1 aromatic rings. The Labute approximate surface area is 82.6 Å². The summed E-state index contributed by atoms with van der Waals surface area (Å²) in [6, 6.07) is 2.65. The maximum absolute atomic E-state index is 13.0. The molecule has 14 heavy (non-hydrogen) atoms. The number of benzene rings is 1. The van der Waals surface area contributed by atoms with Crippen LogP contribution in [0.4, 0.5) is 4.39 Å². The zero-order valence-corrected chi connectivity index (χ0v) is 8.34. The molecule has 2 N–H and O–H groups in total. The van der Waals surface area contributed by atoms with Gasteiger partial charge in [0, 0.05) is 17.7 Å². The summed E-state index contributed by atoms with van der Waals surface area (Å²) >= 11 is 0. The van der Waals surface area contributed by atoms with Gasteiger partial charge < -0.3 is 15.2 Å². The van der Waals surface area contributed by atoms with Gasteiger partial charge in [0.05, 0.1) is 14.2 Å². The van der Waals surface area contributed by atoms with Crippen molar-refractivity contribution in [3.05, 3.63) is 23.5 Å². The van der Waals surface area contributed by atoms with Crippen molar-refractivity contribution in [2.75, 3.05) is 20.8 Å². The predicted molar refractivity (Wildman–Crippen MR) is 52.3 cm³/mol. The molecule has 0 unspecified atom stereocenters. The van der Waals surface area contributed by atoms with Gasteiger partial charge >= 0.3 is 0 Å². The second-order valence-corrected chi connectivity index (χ2v) is 2.83. The van der Waals surface area contributed by atoms with Crippen molar-refractivity contribution in [3.8, 4) is 11.5 Å². The van der Waals surface area contributed by atoms with Gasteiger partial charge in [-0.2, -0.15) is 0 Å². The van der Waals surface area contributed by atoms with Crippen molar-refractivity contribution in [2.45, 2.75) is 6.42 Å². The number of rotatable bonds is 4. The first-order chi connectivity index (χ1) is 6.72. The molecule has 4 heteroatoms. The molecule has 0 aromatic heterocycles. The molecule has 1 aromatic carbocycles. The Hall–Kier alpha value is -1.29. The number of nitrogens with two attached hydrogens (primary N) is 1. The van der Waals surface area contributed by atoms with Gasteiger partial charge in [-0.05, 0) is 13.0 Å². The average Bonchev–Trinajstić information content (AvgIpc) is 2.20. The Morgan fingerprint density at radius 2 is 1.71 bits per heavy atom. The highest BCUT2D eigenvalue weighted by Crippen LogP contribution is 2.29. The Morgan fingerprint density at radius 3 is 2.07 bits per heavy atom. The van der Waals surface area contributed by atoms with E-state index in [1.54, 1.807) is 0 Å². The van der Waals surface area contributed by atoms with Crippen LogP contribution in [-0.4, -0.2) is 20.8 Å². The summed E-state index contributed by atoms with van der Waals surface area (Å²) in [6.07, 6.45) is 0.604. The molecule has 0 fully saturated rings. The number of hydrogen-bond acceptors (Lipinski definition) is 3. The molecule has 0 saturated carbocycles. The van der Waals surface area contributed by atoms with E-state index < -0.39 is 0 Å². The molecule has 0 amide bonds. The standard InChI is InChI=1S/C10H14FNO2/c1-13-9-5-7(11)6-10(14-2)8(9)3-4-12/h5-6H,3-4,12H2,1-2H3. The van der Waals surface area contributed by atoms with E-state index in [0.717, 1.165) is 5.56 Å². The SMILES string of the molecule is COc1cc(F)cc(OC)c1CCN. The lowest BCUT2D eigenvalue weighted by atomic mass is 10.1. The topological polar surface area (TPSA) is 44.5 Å². The normalized spacial score (nSPS) is 10.0. The van der Waals surface area contributed by atoms with Gasteiger partial charge in [-0.1, -0.05) is 0 Å². The Balaban J connectivity index is 3.18. The fourth-order valence-electron chi connectivity index (χ4n) is 1.34. The second-order valence-electron chi connectivity index (χ2n) is 2.83. The zero-order valence-electron chi connectivity index (χ0n) is 8.34. The van der Waals surface area contributed by atoms with Crippen LogP contribution >= 0.6 is 0 Å². The zero-order chi connectivity index (χ0) is 10.6. The summed E-state index contributed by atoms with van der Waals surface area (Å²) in [5.41, 5.74) is 6.25. The molecule has 0 aliphatic carbocycles. The number of ether oxygens (including phenoxy) is 2. The highest BCUT2D eigenvalue weighted by molar-refractivity contribution is 5.45. The van der Waals surface area contributed by atoms with Crippen LogP contribution in [0.3, 0.4) is 0 Å². The van der Waals surface area contributed by atoms with Gasteiger partial charge in [0.2, 0.25) is 0 Å². The third-order valence-corrected chi connectivity index (χ3v) is 1.97. The number of methoxy groups -OCH3 is 2. The largest absolute Gasteiger partial charge is 0.496 e. The van der Waals surface area contributed by atoms with Crippen LogP contribution < -0.4 is 15.2 Å². The van der Waals surface area contributed by atoms with E-state index in [2.05, 4.69) is 0 Å². The van der Waals surface area contributed by atoms with Gasteiger partial charge in [-0.3, -0.25) is 0 Å². The van der Waals surface area contributed by atoms with E-state index in [1.165, 1.54) is 26.4 Å². The average molecular weight is 199 g/mol. The second kappa shape index (κ2) is 4.81. The molecular weight excluding hydrogens is 185 g/mol. The summed E-state index contributed by atoms with van der Waals surface area (Å²) in [4.78, 5) is 0. The molecule has 0 aliphatic rings. The first-order valence-electron chi connectivity index (χ1n) is 4.33. The smallest absolute Gasteiger partial charge is 0.130 e. The molecule has 1 rings (SSSR count). The molecule has 78 valence electrons. The van der Waals surface area contributed by atoms with Gasteiger partial charge in [-0.25, -0.2) is 4.39 Å². The summed E-state index contributed by atoms with van der Waals surface area (Å²) in [5, 5.41) is 0. The minimum absolute atomic E-state index is 0.375. The highest BCUT2D eigenvalue weighted by Gasteiger charge is 2.11. The van der Waals surface area contributed by atoms with Gasteiger partial charge in [-0.15, -0.1) is 0 Å². The van der Waals surface area contributed by atoms with Gasteiger partial charge in [0.25, 0.3) is 0 Å². The van der Waals surface area contributed by atoms with E-state index in [-0.39, 0.29) is 5.82 Å². The summed E-state index contributed by atoms with van der Waals surface area (Å²) in [7, 11) is 2.99. The van der Waals surface area contributed by atoms with Crippen molar-refractivity contribution < 1.29 is 13.9 Å². The molecule has 0 saturated heterocycles. The molecule has 3 nitrogen and oxygen atoms in total. The van der Waals surface area contributed by atoms with Crippen molar-refractivity contribution >= 4 is 0 Å². The molecule has 0 bridgehead atoms. The van der Waals surface area contributed by atoms with Crippen molar-refractivity contribution in [3.63, 3.8) is 0 Å². The monoisotopic (exact) mass is 199 g/mol. The summed E-state index contributed by atoms with van der Waals surface area (Å²) < 4.78 is 23.1. The van der Waals surface area contributed by atoms with Crippen molar-refractivity contribution in [1.82, 2.24) is 0 Å². The predicted octanol–water partition coefficient (Wildman–Crippen LogP) is 1.34. The lowest BCUT2D eigenvalue weighted by Gasteiger charge is -2.12. The first kappa shape index (κ1) is 10.8. The lowest BCUT2D eigenvalue weighted by molar-refractivity contribution is 0.380. The van der Waals surface area contributed by atoms with Crippen LogP contribution in [0, 0.1) is 5.82 Å². The van der Waals surface area contributed by atoms with Crippen LogP contribution in [-0.2, 0) is 6.42 Å². The quantitative estimate of drug-likeness (QED) is 0.796. The van der Waals surface area contributed by atoms with E-state index in [1.807, 2.05) is 0 Å². The van der Waals surface area contributed by atoms with Gasteiger partial charge in [0.1, 0.15) is 17.3 Å². The van der Waals surface area contributed by atoms with E-state index in [0.29, 0.717) is 24.5 Å². The molecule has 0 atom stereocenters. The maximum atomic E-state index is 13.0. The minimum Gasteiger partial charge on any atom is -0.496 e. The maximum Gasteiger partial charge on any atom is 0.130 e. The fourth-order valence-corrected chi connectivity index (χ4v) is 1.34. The number of hydrogen-bond donors (Lipinski definition) is 1. The third kappa shape index (κ3) is 2.14. The highest BCUT2D eigenvalue weighted by atomic mass is 19.1. The van der Waals surface area contributed by atoms with Gasteiger partial charge in [0.15, 0.2) is 0 Å². The Bertz CT molecular complexity index is 290. The third-order valence-electron chi connectivity index (χ3n) is 1.97. The lowest BCUT2D eigenvalue weighted by Crippen LogP contribution is -2.06. The minimum atomic E-state index is -0.375. The fraction of sp³-hybridized carbons (Fsp3) is 0.400. The number of halogens is 1. The van der Waals surface area contributed by atoms with Crippen molar-refractivity contribution in [1.29, 1.82) is 0 Å². The van der Waals surface area contributed by atoms with Crippen LogP contribution in [0.2, 0.25) is 0 Å². The first-order valence-corrected chi connectivity index (χ1v) is 4.33.